The van der Waals surface area contributed by atoms with Crippen LogP contribution in [0.1, 0.15) is 55.0 Å². The summed E-state index contributed by atoms with van der Waals surface area (Å²) in [5.41, 5.74) is 1.46. The smallest absolute Gasteiger partial charge is 0.342 e. The number of aromatic nitrogens is 3. The fourth-order valence-corrected chi connectivity index (χ4v) is 3.56. The van der Waals surface area contributed by atoms with Crippen molar-refractivity contribution in [3.8, 4) is 0 Å². The van der Waals surface area contributed by atoms with Gasteiger partial charge < -0.3 is 9.64 Å². The molecule has 3 rings (SSSR count). The summed E-state index contributed by atoms with van der Waals surface area (Å²) in [4.78, 5) is 27.5. The van der Waals surface area contributed by atoms with E-state index in [1.54, 1.807) is 32.5 Å². The van der Waals surface area contributed by atoms with Crippen LogP contribution in [0.2, 0.25) is 0 Å². The van der Waals surface area contributed by atoms with Gasteiger partial charge in [0.15, 0.2) is 0 Å². The first kappa shape index (κ1) is 20.7. The summed E-state index contributed by atoms with van der Waals surface area (Å²) >= 11 is 0. The first-order valence-electron chi connectivity index (χ1n) is 9.41. The van der Waals surface area contributed by atoms with Crippen LogP contribution in [0.4, 0.5) is 4.39 Å². The highest BCUT2D eigenvalue weighted by Crippen LogP contribution is 2.34. The molecule has 1 aliphatic rings. The van der Waals surface area contributed by atoms with E-state index in [9.17, 15) is 14.0 Å². The van der Waals surface area contributed by atoms with Gasteiger partial charge in [-0.15, -0.1) is 5.10 Å². The minimum Gasteiger partial charge on any atom is -0.459 e. The Morgan fingerprint density at radius 2 is 1.97 bits per heavy atom. The maximum absolute atomic E-state index is 13.6. The van der Waals surface area contributed by atoms with E-state index in [-0.39, 0.29) is 29.9 Å². The quantitative estimate of drug-likeness (QED) is 0.741. The van der Waals surface area contributed by atoms with Gasteiger partial charge in [-0.3, -0.25) is 9.48 Å². The molecular weight excluding hydrogens is 375 g/mol. The van der Waals surface area contributed by atoms with Crippen LogP contribution in [-0.4, -0.2) is 44.4 Å². The van der Waals surface area contributed by atoms with Crippen LogP contribution < -0.4 is 0 Å². The van der Waals surface area contributed by atoms with E-state index in [0.29, 0.717) is 16.8 Å². The molecule has 0 unspecified atom stereocenters. The molecule has 0 fully saturated rings. The molecule has 8 heteroatoms. The van der Waals surface area contributed by atoms with Crippen molar-refractivity contribution >= 4 is 17.4 Å². The number of halogens is 1. The van der Waals surface area contributed by atoms with Crippen LogP contribution in [-0.2, 0) is 22.0 Å². The van der Waals surface area contributed by atoms with E-state index in [4.69, 9.17) is 4.74 Å². The Hall–Kier alpha value is -3.03. The second-order valence-corrected chi connectivity index (χ2v) is 8.19. The number of ether oxygens (including phenoxy) is 1. The summed E-state index contributed by atoms with van der Waals surface area (Å²) in [6.45, 7) is 9.30. The molecule has 1 amide bonds. The molecular formula is C21H25FN4O3. The van der Waals surface area contributed by atoms with Gasteiger partial charge >= 0.3 is 5.97 Å². The zero-order valence-electron chi connectivity index (χ0n) is 17.5. The van der Waals surface area contributed by atoms with Gasteiger partial charge in [0.25, 0.3) is 5.91 Å². The highest BCUT2D eigenvalue weighted by Gasteiger charge is 2.38. The average molecular weight is 400 g/mol. The molecule has 0 N–H and O–H groups in total. The molecule has 29 heavy (non-hydrogen) atoms. The van der Waals surface area contributed by atoms with Gasteiger partial charge in [0, 0.05) is 30.8 Å². The number of fused-ring (bicyclic) bond motifs is 1. The average Bonchev–Trinajstić information content (AvgIpc) is 2.95. The van der Waals surface area contributed by atoms with Crippen molar-refractivity contribution in [1.29, 1.82) is 0 Å². The molecule has 2 aromatic rings. The Morgan fingerprint density at radius 1 is 1.28 bits per heavy atom. The van der Waals surface area contributed by atoms with Gasteiger partial charge in [-0.05, 0) is 44.5 Å². The third-order valence-electron chi connectivity index (χ3n) is 4.80. The number of benzene rings is 1. The molecule has 1 aliphatic heterocycles. The third kappa shape index (κ3) is 3.92. The maximum atomic E-state index is 13.6. The number of nitrogens with zero attached hydrogens (tertiary/aromatic N) is 4. The van der Waals surface area contributed by atoms with E-state index >= 15 is 0 Å². The molecule has 154 valence electrons. The van der Waals surface area contributed by atoms with Crippen molar-refractivity contribution in [2.75, 3.05) is 6.54 Å². The second kappa shape index (κ2) is 7.42. The molecule has 2 heterocycles. The Balaban J connectivity index is 2.11. The molecule has 0 aliphatic carbocycles. The van der Waals surface area contributed by atoms with Crippen LogP contribution in [0.5, 0.6) is 0 Å². The van der Waals surface area contributed by atoms with E-state index in [1.165, 1.54) is 29.3 Å². The van der Waals surface area contributed by atoms with E-state index in [2.05, 4.69) is 10.3 Å². The van der Waals surface area contributed by atoms with Crippen LogP contribution in [0.3, 0.4) is 0 Å². The van der Waals surface area contributed by atoms with Gasteiger partial charge in [0.2, 0.25) is 0 Å². The van der Waals surface area contributed by atoms with Crippen LogP contribution in [0.25, 0.3) is 5.57 Å². The lowest BCUT2D eigenvalue weighted by Gasteiger charge is -2.29. The predicted octanol–water partition coefficient (Wildman–Crippen LogP) is 2.99. The molecule has 0 spiro atoms. The van der Waals surface area contributed by atoms with Crippen molar-refractivity contribution in [3.05, 3.63) is 52.7 Å². The second-order valence-electron chi connectivity index (χ2n) is 8.19. The van der Waals surface area contributed by atoms with Gasteiger partial charge in [0.05, 0.1) is 11.8 Å². The van der Waals surface area contributed by atoms with Crippen molar-refractivity contribution in [3.63, 3.8) is 0 Å². The number of hydrogen-bond donors (Lipinski definition) is 0. The molecule has 0 atom stereocenters. The van der Waals surface area contributed by atoms with Crippen LogP contribution in [0, 0.1) is 12.7 Å². The van der Waals surface area contributed by atoms with Gasteiger partial charge in [-0.25, -0.2) is 9.18 Å². The number of aryl methyl sites for hydroxylation is 2. The monoisotopic (exact) mass is 400 g/mol. The predicted molar refractivity (Wildman–Crippen MR) is 105 cm³/mol. The first-order valence-corrected chi connectivity index (χ1v) is 9.41. The summed E-state index contributed by atoms with van der Waals surface area (Å²) in [5, 5.41) is 8.24. The van der Waals surface area contributed by atoms with Crippen molar-refractivity contribution in [1.82, 2.24) is 19.9 Å². The van der Waals surface area contributed by atoms with Crippen LogP contribution in [0.15, 0.2) is 24.4 Å². The Kier molecular flexibility index (Phi) is 5.30. The summed E-state index contributed by atoms with van der Waals surface area (Å²) in [6.07, 6.45) is 1.14. The number of carbonyl (C=O) groups is 2. The third-order valence-corrected chi connectivity index (χ3v) is 4.80. The van der Waals surface area contributed by atoms with Gasteiger partial charge in [-0.1, -0.05) is 19.1 Å². The lowest BCUT2D eigenvalue weighted by atomic mass is 9.86. The van der Waals surface area contributed by atoms with Crippen LogP contribution >= 0.6 is 0 Å². The lowest BCUT2D eigenvalue weighted by molar-refractivity contribution is -0.140. The van der Waals surface area contributed by atoms with E-state index in [0.717, 1.165) is 5.69 Å². The molecule has 7 nitrogen and oxygen atoms in total. The van der Waals surface area contributed by atoms with Crippen molar-refractivity contribution in [2.45, 2.75) is 46.1 Å². The van der Waals surface area contributed by atoms with Crippen molar-refractivity contribution in [2.24, 2.45) is 7.05 Å². The Morgan fingerprint density at radius 3 is 2.59 bits per heavy atom. The normalized spacial score (nSPS) is 15.6. The number of carbonyl (C=O) groups excluding carboxylic acids is 2. The van der Waals surface area contributed by atoms with Crippen molar-refractivity contribution < 1.29 is 18.7 Å². The minimum absolute atomic E-state index is 0.166. The highest BCUT2D eigenvalue weighted by molar-refractivity contribution is 6.17. The molecule has 0 saturated carbocycles. The zero-order chi connectivity index (χ0) is 21.5. The summed E-state index contributed by atoms with van der Waals surface area (Å²) < 4.78 is 20.6. The number of rotatable bonds is 3. The topological polar surface area (TPSA) is 77.3 Å². The Labute approximate surface area is 169 Å². The zero-order valence-corrected chi connectivity index (χ0v) is 17.5. The molecule has 1 aromatic heterocycles. The molecule has 0 saturated heterocycles. The van der Waals surface area contributed by atoms with E-state index < -0.39 is 11.4 Å². The number of esters is 1. The molecule has 0 radical (unpaired) electrons. The fourth-order valence-electron chi connectivity index (χ4n) is 3.56. The lowest BCUT2D eigenvalue weighted by Crippen LogP contribution is -2.38. The number of amides is 1. The fraction of sp³-hybridized carbons (Fsp3) is 0.429. The Bertz CT molecular complexity index is 1010. The largest absolute Gasteiger partial charge is 0.459 e. The first-order chi connectivity index (χ1) is 13.5. The van der Waals surface area contributed by atoms with Gasteiger partial charge in [-0.2, -0.15) is 0 Å². The number of hydrogen-bond acceptors (Lipinski definition) is 5. The molecule has 1 aromatic carbocycles. The standard InChI is InChI=1S/C21H25FN4O3/c1-12(2)29-20(28)15-10-26(19(27)14-7-8-16(22)13(3)9-14)11-21(4,5)18-17(15)23-24-25(18)6/h7-10,12H,11H2,1-6H3. The maximum Gasteiger partial charge on any atom is 0.342 e. The summed E-state index contributed by atoms with van der Waals surface area (Å²) in [5.74, 6) is -1.29. The minimum atomic E-state index is -0.576. The summed E-state index contributed by atoms with van der Waals surface area (Å²) in [7, 11) is 1.75. The van der Waals surface area contributed by atoms with Gasteiger partial charge in [0.1, 0.15) is 17.1 Å². The molecule has 0 bridgehead atoms. The summed E-state index contributed by atoms with van der Waals surface area (Å²) in [6, 6.07) is 4.21. The van der Waals surface area contributed by atoms with E-state index in [1.807, 2.05) is 13.8 Å². The SMILES string of the molecule is Cc1cc(C(=O)N2C=C(C(=O)OC(C)C)c3nnn(C)c3C(C)(C)C2)ccc1F. The highest BCUT2D eigenvalue weighted by atomic mass is 19.1.